The first-order valence-electron chi connectivity index (χ1n) is 5.16. The molecule has 0 atom stereocenters. The predicted octanol–water partition coefficient (Wildman–Crippen LogP) is -0.295. The van der Waals surface area contributed by atoms with E-state index in [1.807, 2.05) is 27.9 Å². The lowest BCUT2D eigenvalue weighted by Gasteiger charge is -2.31. The van der Waals surface area contributed by atoms with Gasteiger partial charge >= 0.3 is 0 Å². The molecule has 0 heterocycles. The van der Waals surface area contributed by atoms with E-state index in [-0.39, 0.29) is 22.9 Å². The number of carbonyl (C=O) groups is 2. The van der Waals surface area contributed by atoms with Crippen LogP contribution in [0.3, 0.4) is 0 Å². The minimum Gasteiger partial charge on any atom is -0.339 e. The molecule has 1 saturated carbocycles. The van der Waals surface area contributed by atoms with Crippen molar-refractivity contribution in [1.82, 2.24) is 0 Å². The third kappa shape index (κ3) is 2.64. The van der Waals surface area contributed by atoms with Crippen LogP contribution in [-0.4, -0.2) is 32.2 Å². The molecule has 0 spiro atoms. The Labute approximate surface area is 85.5 Å². The van der Waals surface area contributed by atoms with Gasteiger partial charge in [-0.3, -0.25) is 9.59 Å². The van der Waals surface area contributed by atoms with E-state index in [2.05, 4.69) is 0 Å². The zero-order valence-electron chi connectivity index (χ0n) is 9.52. The van der Waals surface area contributed by atoms with E-state index in [4.69, 9.17) is 0 Å². The van der Waals surface area contributed by atoms with Crippen LogP contribution >= 0.6 is 0 Å². The van der Waals surface area contributed by atoms with Crippen molar-refractivity contribution < 1.29 is 14.5 Å². The molecule has 0 aromatic heterocycles. The highest BCUT2D eigenvalue weighted by molar-refractivity contribution is 6.05. The normalized spacial score (nSPS) is 23.2. The van der Waals surface area contributed by atoms with Crippen LogP contribution < -0.4 is 4.90 Å². The highest BCUT2D eigenvalue weighted by atomic mass is 16.2. The summed E-state index contributed by atoms with van der Waals surface area (Å²) in [5, 5.41) is 0. The van der Waals surface area contributed by atoms with Crippen molar-refractivity contribution in [1.29, 1.82) is 0 Å². The Morgan fingerprint density at radius 3 is 2.00 bits per heavy atom. The van der Waals surface area contributed by atoms with Crippen LogP contribution in [0.15, 0.2) is 0 Å². The number of quaternary nitrogens is 1. The zero-order valence-corrected chi connectivity index (χ0v) is 9.52. The summed E-state index contributed by atoms with van der Waals surface area (Å²) in [4.78, 5) is 24.6. The van der Waals surface area contributed by atoms with Crippen LogP contribution in [0, 0.1) is 11.3 Å². The van der Waals surface area contributed by atoms with E-state index >= 15 is 0 Å². The van der Waals surface area contributed by atoms with Gasteiger partial charge in [0.25, 0.3) is 0 Å². The maximum absolute atomic E-state index is 11.7. The summed E-state index contributed by atoms with van der Waals surface area (Å²) in [6.45, 7) is 4.62. The second-order valence-corrected chi connectivity index (χ2v) is 5.41. The molecule has 1 aliphatic carbocycles. The minimum absolute atomic E-state index is 0.119. The smallest absolute Gasteiger partial charge is 0.149 e. The first kappa shape index (κ1) is 11.4. The standard InChI is InChI=1S/C11H19NO2/c1-11(2)5-9(13)8(7-12(3)4)10(14)6-11/h8H,5-7H2,1-4H3/p+1. The molecular formula is C11H20NO2+. The molecular weight excluding hydrogens is 178 g/mol. The average Bonchev–Trinajstić information content (AvgIpc) is 1.94. The molecule has 3 heteroatoms. The summed E-state index contributed by atoms with van der Waals surface area (Å²) in [5.74, 6) is -0.0760. The fraction of sp³-hybridized carbons (Fsp3) is 0.818. The van der Waals surface area contributed by atoms with Crippen molar-refractivity contribution in [3.63, 3.8) is 0 Å². The van der Waals surface area contributed by atoms with E-state index in [0.29, 0.717) is 19.4 Å². The first-order chi connectivity index (χ1) is 6.32. The lowest BCUT2D eigenvalue weighted by atomic mass is 9.71. The number of ketones is 2. The molecule has 0 amide bonds. The molecule has 3 nitrogen and oxygen atoms in total. The van der Waals surface area contributed by atoms with Crippen molar-refractivity contribution in [3.8, 4) is 0 Å². The minimum atomic E-state index is -0.340. The van der Waals surface area contributed by atoms with Crippen LogP contribution in [0.25, 0.3) is 0 Å². The molecule has 0 aromatic rings. The van der Waals surface area contributed by atoms with Gasteiger partial charge in [-0.1, -0.05) is 13.8 Å². The molecule has 1 aliphatic rings. The SMILES string of the molecule is C[NH+](C)CC1C(=O)CC(C)(C)CC1=O. The molecule has 0 bridgehead atoms. The second kappa shape index (κ2) is 3.81. The third-order valence-corrected chi connectivity index (χ3v) is 2.70. The Morgan fingerprint density at radius 1 is 1.21 bits per heavy atom. The topological polar surface area (TPSA) is 38.6 Å². The maximum Gasteiger partial charge on any atom is 0.149 e. The summed E-state index contributed by atoms with van der Waals surface area (Å²) in [6, 6.07) is 0. The molecule has 1 fully saturated rings. The van der Waals surface area contributed by atoms with Crippen molar-refractivity contribution in [2.75, 3.05) is 20.6 Å². The van der Waals surface area contributed by atoms with Gasteiger partial charge in [0.2, 0.25) is 0 Å². The van der Waals surface area contributed by atoms with Crippen LogP contribution in [0.1, 0.15) is 26.7 Å². The van der Waals surface area contributed by atoms with Crippen molar-refractivity contribution in [2.24, 2.45) is 11.3 Å². The second-order valence-electron chi connectivity index (χ2n) is 5.41. The highest BCUT2D eigenvalue weighted by Crippen LogP contribution is 2.33. The maximum atomic E-state index is 11.7. The zero-order chi connectivity index (χ0) is 10.9. The molecule has 1 rings (SSSR count). The molecule has 0 saturated heterocycles. The molecule has 14 heavy (non-hydrogen) atoms. The van der Waals surface area contributed by atoms with Gasteiger partial charge in [0, 0.05) is 12.8 Å². The van der Waals surface area contributed by atoms with Gasteiger partial charge in [0.15, 0.2) is 0 Å². The van der Waals surface area contributed by atoms with Gasteiger partial charge in [-0.25, -0.2) is 0 Å². The molecule has 0 radical (unpaired) electrons. The highest BCUT2D eigenvalue weighted by Gasteiger charge is 2.40. The van der Waals surface area contributed by atoms with E-state index in [1.54, 1.807) is 0 Å². The van der Waals surface area contributed by atoms with E-state index in [9.17, 15) is 9.59 Å². The Kier molecular flexibility index (Phi) is 3.10. The summed E-state index contributed by atoms with van der Waals surface area (Å²) in [6.07, 6.45) is 1.10. The van der Waals surface area contributed by atoms with Crippen molar-refractivity contribution in [2.45, 2.75) is 26.7 Å². The van der Waals surface area contributed by atoms with E-state index in [1.165, 1.54) is 0 Å². The largest absolute Gasteiger partial charge is 0.339 e. The number of hydrogen-bond donors (Lipinski definition) is 1. The number of hydrogen-bond acceptors (Lipinski definition) is 2. The van der Waals surface area contributed by atoms with Crippen LogP contribution in [0.4, 0.5) is 0 Å². The summed E-state index contributed by atoms with van der Waals surface area (Å²) < 4.78 is 0. The first-order valence-corrected chi connectivity index (χ1v) is 5.16. The number of rotatable bonds is 2. The Morgan fingerprint density at radius 2 is 1.64 bits per heavy atom. The summed E-state index contributed by atoms with van der Waals surface area (Å²) in [7, 11) is 3.95. The Hall–Kier alpha value is -0.700. The van der Waals surface area contributed by atoms with Gasteiger partial charge in [0.05, 0.1) is 20.6 Å². The number of Topliss-reactive ketones (excluding diaryl/α,β-unsaturated/α-hetero) is 2. The van der Waals surface area contributed by atoms with Crippen molar-refractivity contribution >= 4 is 11.6 Å². The molecule has 80 valence electrons. The van der Waals surface area contributed by atoms with Gasteiger partial charge in [-0.2, -0.15) is 0 Å². The van der Waals surface area contributed by atoms with Gasteiger partial charge in [0.1, 0.15) is 17.5 Å². The summed E-state index contributed by atoms with van der Waals surface area (Å²) in [5.41, 5.74) is -0.119. The lowest BCUT2D eigenvalue weighted by Crippen LogP contribution is -3.07. The lowest BCUT2D eigenvalue weighted by molar-refractivity contribution is -0.859. The van der Waals surface area contributed by atoms with Gasteiger partial charge in [-0.05, 0) is 5.41 Å². The Balaban J connectivity index is 2.71. The Bertz CT molecular complexity index is 236. The predicted molar refractivity (Wildman–Crippen MR) is 54.2 cm³/mol. The molecule has 1 N–H and O–H groups in total. The number of carbonyl (C=O) groups excluding carboxylic acids is 2. The molecule has 0 aliphatic heterocycles. The van der Waals surface area contributed by atoms with Crippen LogP contribution in [-0.2, 0) is 9.59 Å². The third-order valence-electron chi connectivity index (χ3n) is 2.70. The average molecular weight is 198 g/mol. The van der Waals surface area contributed by atoms with Gasteiger partial charge < -0.3 is 4.90 Å². The molecule has 0 unspecified atom stereocenters. The molecule has 0 aromatic carbocycles. The van der Waals surface area contributed by atoms with Crippen LogP contribution in [0.2, 0.25) is 0 Å². The van der Waals surface area contributed by atoms with Gasteiger partial charge in [-0.15, -0.1) is 0 Å². The van der Waals surface area contributed by atoms with Crippen LogP contribution in [0.5, 0.6) is 0 Å². The monoisotopic (exact) mass is 198 g/mol. The summed E-state index contributed by atoms with van der Waals surface area (Å²) >= 11 is 0. The number of nitrogens with one attached hydrogen (secondary N) is 1. The fourth-order valence-corrected chi connectivity index (χ4v) is 2.07. The van der Waals surface area contributed by atoms with Crippen molar-refractivity contribution in [3.05, 3.63) is 0 Å². The van der Waals surface area contributed by atoms with E-state index < -0.39 is 0 Å². The quantitative estimate of drug-likeness (QED) is 0.619. The fourth-order valence-electron chi connectivity index (χ4n) is 2.07. The van der Waals surface area contributed by atoms with E-state index in [0.717, 1.165) is 4.90 Å².